The lowest BCUT2D eigenvalue weighted by atomic mass is 10.2. The highest BCUT2D eigenvalue weighted by Crippen LogP contribution is 2.24. The van der Waals surface area contributed by atoms with Crippen LogP contribution in [0.15, 0.2) is 42.5 Å². The SMILES string of the molecule is Cc1ccc(Cl)cc1NC(=O)N1CCN(C(=O)c2nsc3ccccc23)CC1. The molecular formula is C20H19ClN4O2S. The van der Waals surface area contributed by atoms with E-state index in [0.717, 1.165) is 15.6 Å². The minimum Gasteiger partial charge on any atom is -0.334 e. The molecule has 0 aliphatic carbocycles. The highest BCUT2D eigenvalue weighted by molar-refractivity contribution is 7.13. The summed E-state index contributed by atoms with van der Waals surface area (Å²) in [5, 5.41) is 4.36. The van der Waals surface area contributed by atoms with Crippen LogP contribution in [0.3, 0.4) is 0 Å². The van der Waals surface area contributed by atoms with E-state index in [9.17, 15) is 9.59 Å². The molecule has 1 N–H and O–H groups in total. The first-order chi connectivity index (χ1) is 13.5. The van der Waals surface area contributed by atoms with E-state index in [-0.39, 0.29) is 11.9 Å². The maximum atomic E-state index is 12.9. The van der Waals surface area contributed by atoms with E-state index in [1.165, 1.54) is 11.5 Å². The number of carbonyl (C=O) groups is 2. The molecule has 4 rings (SSSR count). The van der Waals surface area contributed by atoms with E-state index >= 15 is 0 Å². The van der Waals surface area contributed by atoms with Crippen LogP contribution in [0.25, 0.3) is 10.1 Å². The van der Waals surface area contributed by atoms with Crippen molar-refractivity contribution in [3.63, 3.8) is 0 Å². The lowest BCUT2D eigenvalue weighted by Gasteiger charge is -2.34. The second-order valence-corrected chi connectivity index (χ2v) is 7.94. The molecule has 2 heterocycles. The maximum Gasteiger partial charge on any atom is 0.321 e. The molecule has 1 aliphatic heterocycles. The smallest absolute Gasteiger partial charge is 0.321 e. The number of aryl methyl sites for hydroxylation is 1. The Morgan fingerprint density at radius 2 is 1.79 bits per heavy atom. The van der Waals surface area contributed by atoms with E-state index in [0.29, 0.717) is 42.6 Å². The molecule has 1 aliphatic rings. The van der Waals surface area contributed by atoms with E-state index < -0.39 is 0 Å². The Hall–Kier alpha value is -2.64. The lowest BCUT2D eigenvalue weighted by molar-refractivity contribution is 0.0669. The van der Waals surface area contributed by atoms with E-state index in [2.05, 4.69) is 9.69 Å². The molecule has 0 spiro atoms. The second-order valence-electron chi connectivity index (χ2n) is 6.70. The summed E-state index contributed by atoms with van der Waals surface area (Å²) in [5.74, 6) is -0.0804. The van der Waals surface area contributed by atoms with Crippen LogP contribution in [-0.4, -0.2) is 52.3 Å². The number of nitrogens with one attached hydrogen (secondary N) is 1. The third-order valence-electron chi connectivity index (χ3n) is 4.88. The summed E-state index contributed by atoms with van der Waals surface area (Å²) in [6.45, 7) is 3.82. The molecule has 3 amide bonds. The first-order valence-corrected chi connectivity index (χ1v) is 10.1. The molecule has 0 radical (unpaired) electrons. The molecule has 1 aromatic heterocycles. The van der Waals surface area contributed by atoms with E-state index in [4.69, 9.17) is 11.6 Å². The van der Waals surface area contributed by atoms with Crippen molar-refractivity contribution in [2.24, 2.45) is 0 Å². The molecular weight excluding hydrogens is 396 g/mol. The monoisotopic (exact) mass is 414 g/mol. The largest absolute Gasteiger partial charge is 0.334 e. The van der Waals surface area contributed by atoms with Gasteiger partial charge in [-0.2, -0.15) is 4.37 Å². The maximum absolute atomic E-state index is 12.9. The molecule has 2 aromatic carbocycles. The van der Waals surface area contributed by atoms with Crippen LogP contribution in [0.4, 0.5) is 10.5 Å². The van der Waals surface area contributed by atoms with Gasteiger partial charge in [0.15, 0.2) is 0 Å². The average molecular weight is 415 g/mol. The molecule has 1 saturated heterocycles. The van der Waals surface area contributed by atoms with Gasteiger partial charge in [-0.15, -0.1) is 0 Å². The zero-order valence-electron chi connectivity index (χ0n) is 15.3. The Bertz CT molecular complexity index is 1040. The number of carbonyl (C=O) groups excluding carboxylic acids is 2. The zero-order chi connectivity index (χ0) is 19.7. The van der Waals surface area contributed by atoms with Gasteiger partial charge in [-0.3, -0.25) is 4.79 Å². The number of halogens is 1. The summed E-state index contributed by atoms with van der Waals surface area (Å²) in [4.78, 5) is 28.9. The Balaban J connectivity index is 1.39. The van der Waals surface area contributed by atoms with Crippen LogP contribution in [0.5, 0.6) is 0 Å². The number of anilines is 1. The van der Waals surface area contributed by atoms with Crippen molar-refractivity contribution < 1.29 is 9.59 Å². The number of hydrogen-bond acceptors (Lipinski definition) is 4. The van der Waals surface area contributed by atoms with Gasteiger partial charge >= 0.3 is 6.03 Å². The molecule has 0 saturated carbocycles. The minimum atomic E-state index is -0.184. The molecule has 0 atom stereocenters. The van der Waals surface area contributed by atoms with Gasteiger partial charge in [0.05, 0.1) is 4.70 Å². The normalized spacial score (nSPS) is 14.4. The molecule has 0 unspecified atom stereocenters. The van der Waals surface area contributed by atoms with Gasteiger partial charge in [-0.05, 0) is 42.2 Å². The zero-order valence-corrected chi connectivity index (χ0v) is 16.9. The third kappa shape index (κ3) is 3.68. The number of nitrogens with zero attached hydrogens (tertiary/aromatic N) is 3. The van der Waals surface area contributed by atoms with Crippen LogP contribution in [0, 0.1) is 6.92 Å². The van der Waals surface area contributed by atoms with Gasteiger partial charge in [0.1, 0.15) is 5.69 Å². The van der Waals surface area contributed by atoms with Crippen LogP contribution in [-0.2, 0) is 0 Å². The van der Waals surface area contributed by atoms with E-state index in [1.807, 2.05) is 37.3 Å². The Morgan fingerprint density at radius 1 is 1.07 bits per heavy atom. The van der Waals surface area contributed by atoms with Crippen LogP contribution in [0.1, 0.15) is 16.1 Å². The van der Waals surface area contributed by atoms with Crippen LogP contribution in [0.2, 0.25) is 5.02 Å². The summed E-state index contributed by atoms with van der Waals surface area (Å²) < 4.78 is 5.34. The minimum absolute atomic E-state index is 0.0804. The number of fused-ring (bicyclic) bond motifs is 1. The fraction of sp³-hybridized carbons (Fsp3) is 0.250. The van der Waals surface area contributed by atoms with Gasteiger partial charge in [-0.1, -0.05) is 35.9 Å². The predicted octanol–water partition coefficient (Wildman–Crippen LogP) is 4.25. The second kappa shape index (κ2) is 7.77. The van der Waals surface area contributed by atoms with Crippen molar-refractivity contribution in [1.82, 2.24) is 14.2 Å². The standard InChI is InChI=1S/C20H19ClN4O2S/c1-13-6-7-14(21)12-16(13)22-20(27)25-10-8-24(9-11-25)19(26)18-15-4-2-3-5-17(15)28-23-18/h2-7,12H,8-11H2,1H3,(H,22,27). The topological polar surface area (TPSA) is 65.5 Å². The Morgan fingerprint density at radius 3 is 2.57 bits per heavy atom. The van der Waals surface area contributed by atoms with Crippen molar-refractivity contribution in [1.29, 1.82) is 0 Å². The number of rotatable bonds is 2. The number of piperazine rings is 1. The number of urea groups is 1. The van der Waals surface area contributed by atoms with Gasteiger partial charge in [-0.25, -0.2) is 4.79 Å². The molecule has 0 bridgehead atoms. The molecule has 28 heavy (non-hydrogen) atoms. The number of hydrogen-bond donors (Lipinski definition) is 1. The third-order valence-corrected chi connectivity index (χ3v) is 5.94. The summed E-state index contributed by atoms with van der Waals surface area (Å²) in [6, 6.07) is 12.9. The van der Waals surface area contributed by atoms with Crippen molar-refractivity contribution in [3.05, 3.63) is 58.7 Å². The van der Waals surface area contributed by atoms with E-state index in [1.54, 1.807) is 21.9 Å². The highest BCUT2D eigenvalue weighted by Gasteiger charge is 2.27. The first-order valence-electron chi connectivity index (χ1n) is 8.99. The van der Waals surface area contributed by atoms with Crippen molar-refractivity contribution in [2.75, 3.05) is 31.5 Å². The lowest BCUT2D eigenvalue weighted by Crippen LogP contribution is -2.51. The van der Waals surface area contributed by atoms with Gasteiger partial charge in [0.2, 0.25) is 0 Å². The summed E-state index contributed by atoms with van der Waals surface area (Å²) >= 11 is 7.35. The van der Waals surface area contributed by atoms with Crippen LogP contribution >= 0.6 is 23.1 Å². The highest BCUT2D eigenvalue weighted by atomic mass is 35.5. The first kappa shape index (κ1) is 18.7. The van der Waals surface area contributed by atoms with Gasteiger partial charge in [0, 0.05) is 42.3 Å². The van der Waals surface area contributed by atoms with Crippen LogP contribution < -0.4 is 5.32 Å². The Labute approximate surface area is 171 Å². The summed E-state index contributed by atoms with van der Waals surface area (Å²) in [6.07, 6.45) is 0. The summed E-state index contributed by atoms with van der Waals surface area (Å²) in [5.41, 5.74) is 2.14. The van der Waals surface area contributed by atoms with Crippen molar-refractivity contribution in [2.45, 2.75) is 6.92 Å². The van der Waals surface area contributed by atoms with Gasteiger partial charge in [0.25, 0.3) is 5.91 Å². The molecule has 3 aromatic rings. The molecule has 8 heteroatoms. The molecule has 1 fully saturated rings. The van der Waals surface area contributed by atoms with Crippen molar-refractivity contribution >= 4 is 50.8 Å². The predicted molar refractivity (Wildman–Crippen MR) is 112 cm³/mol. The number of benzene rings is 2. The fourth-order valence-electron chi connectivity index (χ4n) is 3.23. The Kier molecular flexibility index (Phi) is 5.19. The van der Waals surface area contributed by atoms with Crippen molar-refractivity contribution in [3.8, 4) is 0 Å². The molecule has 144 valence electrons. The average Bonchev–Trinajstić information content (AvgIpc) is 3.14. The van der Waals surface area contributed by atoms with Gasteiger partial charge < -0.3 is 15.1 Å². The molecule has 6 nitrogen and oxygen atoms in total. The summed E-state index contributed by atoms with van der Waals surface area (Å²) in [7, 11) is 0. The fourth-order valence-corrected chi connectivity index (χ4v) is 4.17. The number of aromatic nitrogens is 1. The number of amides is 3. The quantitative estimate of drug-likeness (QED) is 0.681.